The Morgan fingerprint density at radius 3 is 2.44 bits per heavy atom. The molecule has 0 aliphatic carbocycles. The van der Waals surface area contributed by atoms with E-state index in [1.807, 2.05) is 42.3 Å². The molecule has 0 bridgehead atoms. The van der Waals surface area contributed by atoms with Gasteiger partial charge in [0.25, 0.3) is 0 Å². The molecule has 3 aromatic rings. The molecule has 0 unspecified atom stereocenters. The van der Waals surface area contributed by atoms with Gasteiger partial charge in [-0.05, 0) is 34.9 Å². The minimum Gasteiger partial charge on any atom is -0.303 e. The van der Waals surface area contributed by atoms with Crippen molar-refractivity contribution in [1.82, 2.24) is 5.06 Å². The maximum atomic E-state index is 11.8. The van der Waals surface area contributed by atoms with Gasteiger partial charge in [-0.3, -0.25) is 4.84 Å². The highest BCUT2D eigenvalue weighted by Gasteiger charge is 2.41. The van der Waals surface area contributed by atoms with E-state index >= 15 is 0 Å². The predicted octanol–water partition coefficient (Wildman–Crippen LogP) is 4.53. The first-order valence-corrected chi connectivity index (χ1v) is 8.67. The van der Waals surface area contributed by atoms with Gasteiger partial charge in [-0.2, -0.15) is 5.06 Å². The first kappa shape index (κ1) is 16.0. The molecule has 25 heavy (non-hydrogen) atoms. The molecule has 3 atom stereocenters. The number of hydrogen-bond acceptors (Lipinski definition) is 3. The number of hydrogen-bond donors (Lipinski definition) is 0. The Hall–Kier alpha value is -2.49. The van der Waals surface area contributed by atoms with E-state index in [1.165, 1.54) is 16.3 Å². The molecule has 3 nitrogen and oxygen atoms in total. The lowest BCUT2D eigenvalue weighted by Crippen LogP contribution is -2.25. The highest BCUT2D eigenvalue weighted by atomic mass is 16.7. The summed E-state index contributed by atoms with van der Waals surface area (Å²) in [5, 5.41) is 4.35. The number of hydroxylamine groups is 2. The minimum atomic E-state index is -0.176. The molecule has 0 N–H and O–H groups in total. The van der Waals surface area contributed by atoms with Gasteiger partial charge in [0, 0.05) is 6.54 Å². The third kappa shape index (κ3) is 3.09. The molecule has 1 fully saturated rings. The summed E-state index contributed by atoms with van der Waals surface area (Å²) in [6.07, 6.45) is 0.910. The molecule has 4 rings (SSSR count). The van der Waals surface area contributed by atoms with Crippen LogP contribution in [0.2, 0.25) is 0 Å². The van der Waals surface area contributed by atoms with Crippen molar-refractivity contribution in [3.05, 3.63) is 83.9 Å². The Bertz CT molecular complexity index is 877. The summed E-state index contributed by atoms with van der Waals surface area (Å²) >= 11 is 0. The molecule has 1 saturated heterocycles. The average Bonchev–Trinajstić information content (AvgIpc) is 2.97. The van der Waals surface area contributed by atoms with Crippen LogP contribution in [0.5, 0.6) is 0 Å². The van der Waals surface area contributed by atoms with Gasteiger partial charge in [0.2, 0.25) is 0 Å². The summed E-state index contributed by atoms with van der Waals surface area (Å²) in [4.78, 5) is 17.8. The third-order valence-electron chi connectivity index (χ3n) is 4.97. The molecule has 1 aliphatic heterocycles. The van der Waals surface area contributed by atoms with Crippen LogP contribution in [0.4, 0.5) is 0 Å². The zero-order valence-corrected chi connectivity index (χ0v) is 14.2. The van der Waals surface area contributed by atoms with Crippen molar-refractivity contribution in [2.24, 2.45) is 5.92 Å². The van der Waals surface area contributed by atoms with Crippen LogP contribution in [0.15, 0.2) is 72.8 Å². The number of rotatable bonds is 4. The normalized spacial score (nSPS) is 23.8. The fourth-order valence-corrected chi connectivity index (χ4v) is 3.66. The first-order chi connectivity index (χ1) is 12.3. The Balaban J connectivity index is 1.71. The lowest BCUT2D eigenvalue weighted by Gasteiger charge is -2.24. The van der Waals surface area contributed by atoms with Gasteiger partial charge in [0.1, 0.15) is 6.29 Å². The van der Waals surface area contributed by atoms with Crippen LogP contribution in [-0.2, 0) is 16.2 Å². The molecular weight excluding hydrogens is 310 g/mol. The fourth-order valence-electron chi connectivity index (χ4n) is 3.66. The van der Waals surface area contributed by atoms with Gasteiger partial charge in [0.15, 0.2) is 0 Å². The molecule has 0 amide bonds. The van der Waals surface area contributed by atoms with E-state index in [9.17, 15) is 4.79 Å². The van der Waals surface area contributed by atoms with Crippen molar-refractivity contribution in [3.63, 3.8) is 0 Å². The monoisotopic (exact) mass is 331 g/mol. The second-order valence-electron chi connectivity index (χ2n) is 6.64. The largest absolute Gasteiger partial charge is 0.303 e. The van der Waals surface area contributed by atoms with Crippen LogP contribution in [-0.4, -0.2) is 17.5 Å². The van der Waals surface area contributed by atoms with Gasteiger partial charge in [0.05, 0.1) is 18.1 Å². The van der Waals surface area contributed by atoms with Crippen molar-refractivity contribution < 1.29 is 9.63 Å². The molecule has 0 aromatic heterocycles. The Labute approximate surface area is 147 Å². The summed E-state index contributed by atoms with van der Waals surface area (Å²) in [5.41, 5.74) is 2.29. The molecule has 1 heterocycles. The summed E-state index contributed by atoms with van der Waals surface area (Å²) in [6.45, 7) is 2.63. The van der Waals surface area contributed by atoms with E-state index in [2.05, 4.69) is 42.5 Å². The molecule has 0 saturated carbocycles. The van der Waals surface area contributed by atoms with Gasteiger partial charge in [-0.15, -0.1) is 0 Å². The maximum absolute atomic E-state index is 11.8. The summed E-state index contributed by atoms with van der Waals surface area (Å²) in [6, 6.07) is 24.9. The lowest BCUT2D eigenvalue weighted by atomic mass is 9.90. The van der Waals surface area contributed by atoms with Crippen LogP contribution in [0, 0.1) is 5.92 Å². The lowest BCUT2D eigenvalue weighted by molar-refractivity contribution is -0.166. The second-order valence-corrected chi connectivity index (χ2v) is 6.64. The van der Waals surface area contributed by atoms with Gasteiger partial charge < -0.3 is 4.79 Å². The first-order valence-electron chi connectivity index (χ1n) is 8.67. The van der Waals surface area contributed by atoms with Crippen LogP contribution in [0.25, 0.3) is 10.8 Å². The van der Waals surface area contributed by atoms with E-state index in [0.717, 1.165) is 11.8 Å². The molecule has 3 aromatic carbocycles. The molecule has 1 aliphatic rings. The predicted molar refractivity (Wildman–Crippen MR) is 98.8 cm³/mol. The molecular formula is C22H21NO2. The number of carbonyl (C=O) groups excluding carboxylic acids is 1. The Kier molecular flexibility index (Phi) is 4.35. The molecule has 0 radical (unpaired) electrons. The molecule has 3 heteroatoms. The van der Waals surface area contributed by atoms with Crippen LogP contribution in [0.3, 0.4) is 0 Å². The highest BCUT2D eigenvalue weighted by Crippen LogP contribution is 2.40. The van der Waals surface area contributed by atoms with Crippen molar-refractivity contribution >= 4 is 17.1 Å². The molecule has 0 spiro atoms. The quantitative estimate of drug-likeness (QED) is 0.658. The Morgan fingerprint density at radius 1 is 0.960 bits per heavy atom. The Morgan fingerprint density at radius 2 is 1.68 bits per heavy atom. The SMILES string of the molecule is C[C@H]1ON(Cc2ccccc2)[C@@H](c2ccc3ccccc3c2)[C@@H]1C=O. The highest BCUT2D eigenvalue weighted by molar-refractivity contribution is 5.83. The number of nitrogens with zero attached hydrogens (tertiary/aromatic N) is 1. The van der Waals surface area contributed by atoms with Crippen molar-refractivity contribution in [2.75, 3.05) is 0 Å². The summed E-state index contributed by atoms with van der Waals surface area (Å²) < 4.78 is 0. The van der Waals surface area contributed by atoms with E-state index in [1.54, 1.807) is 0 Å². The fraction of sp³-hybridized carbons (Fsp3) is 0.227. The zero-order valence-electron chi connectivity index (χ0n) is 14.2. The van der Waals surface area contributed by atoms with E-state index in [4.69, 9.17) is 4.84 Å². The van der Waals surface area contributed by atoms with Crippen LogP contribution in [0.1, 0.15) is 24.1 Å². The van der Waals surface area contributed by atoms with Crippen molar-refractivity contribution in [1.29, 1.82) is 0 Å². The van der Waals surface area contributed by atoms with Crippen LogP contribution >= 0.6 is 0 Å². The van der Waals surface area contributed by atoms with E-state index in [-0.39, 0.29) is 18.1 Å². The summed E-state index contributed by atoms with van der Waals surface area (Å²) in [7, 11) is 0. The van der Waals surface area contributed by atoms with Crippen LogP contribution < -0.4 is 0 Å². The smallest absolute Gasteiger partial charge is 0.127 e. The molecule has 126 valence electrons. The number of carbonyl (C=O) groups is 1. The standard InChI is InChI=1S/C22H21NO2/c1-16-21(15-24)22(23(25-16)14-17-7-3-2-4-8-17)20-12-11-18-9-5-6-10-19(18)13-20/h2-13,15-16,21-22H,14H2,1H3/t16-,21-,22+/m1/s1. The third-order valence-corrected chi connectivity index (χ3v) is 4.97. The van der Waals surface area contributed by atoms with E-state index in [0.29, 0.717) is 6.54 Å². The van der Waals surface area contributed by atoms with Gasteiger partial charge >= 0.3 is 0 Å². The van der Waals surface area contributed by atoms with Gasteiger partial charge in [-0.1, -0.05) is 66.7 Å². The number of fused-ring (bicyclic) bond motifs is 1. The second kappa shape index (κ2) is 6.79. The number of aldehydes is 1. The summed E-state index contributed by atoms with van der Waals surface area (Å²) in [5.74, 6) is -0.176. The average molecular weight is 331 g/mol. The number of benzene rings is 3. The maximum Gasteiger partial charge on any atom is 0.127 e. The minimum absolute atomic E-state index is 0.0719. The van der Waals surface area contributed by atoms with Gasteiger partial charge in [-0.25, -0.2) is 0 Å². The topological polar surface area (TPSA) is 29.5 Å². The van der Waals surface area contributed by atoms with Crippen molar-refractivity contribution in [2.45, 2.75) is 25.6 Å². The zero-order chi connectivity index (χ0) is 17.2. The van der Waals surface area contributed by atoms with Crippen molar-refractivity contribution in [3.8, 4) is 0 Å². The van der Waals surface area contributed by atoms with E-state index < -0.39 is 0 Å².